The van der Waals surface area contributed by atoms with E-state index in [1.54, 1.807) is 0 Å². The minimum Gasteiger partial charge on any atom is -0.0946 e. The number of hydrogen-bond acceptors (Lipinski definition) is 0. The summed E-state index contributed by atoms with van der Waals surface area (Å²) in [7, 11) is 0. The van der Waals surface area contributed by atoms with E-state index in [1.165, 1.54) is 0 Å². The Hall–Kier alpha value is -1.30. The molecule has 0 radical (unpaired) electrons. The third kappa shape index (κ3) is 0.672. The molecule has 60 valence electrons. The lowest BCUT2D eigenvalue weighted by molar-refractivity contribution is 0.719. The summed E-state index contributed by atoms with van der Waals surface area (Å²) >= 11 is 0. The van der Waals surface area contributed by atoms with Crippen molar-refractivity contribution in [2.75, 3.05) is 0 Å². The molecule has 0 heteroatoms. The van der Waals surface area contributed by atoms with Crippen LogP contribution in [0.1, 0.15) is 0 Å². The molecule has 3 aliphatic rings. The largest absolute Gasteiger partial charge is 0.0946 e. The van der Waals surface area contributed by atoms with E-state index in [-0.39, 0.29) is 11.8 Å². The molecule has 0 N–H and O–H groups in total. The van der Waals surface area contributed by atoms with Gasteiger partial charge in [-0.2, -0.15) is 0 Å². The Bertz CT molecular complexity index is 277. The maximum atomic E-state index is 4.01. The molecule has 1 saturated carbocycles. The fourth-order valence-electron chi connectivity index (χ4n) is 1.91. The second-order valence-corrected chi connectivity index (χ2v) is 3.44. The first-order valence-corrected chi connectivity index (χ1v) is 4.07. The van der Waals surface area contributed by atoms with Crippen LogP contribution in [-0.2, 0) is 0 Å². The van der Waals surface area contributed by atoms with Crippen LogP contribution >= 0.6 is 0 Å². The molecule has 0 amide bonds. The highest BCUT2D eigenvalue weighted by Crippen LogP contribution is 2.47. The molecule has 0 aromatic rings. The normalized spacial score (nSPS) is 33.3. The lowest BCUT2D eigenvalue weighted by atomic mass is 9.66. The van der Waals surface area contributed by atoms with Gasteiger partial charge in [0.2, 0.25) is 0 Å². The minimum absolute atomic E-state index is 0.273. The first kappa shape index (κ1) is 7.35. The van der Waals surface area contributed by atoms with Crippen molar-refractivity contribution >= 4 is 0 Å². The first-order chi connectivity index (χ1) is 5.63. The van der Waals surface area contributed by atoms with Gasteiger partial charge in [-0.25, -0.2) is 0 Å². The van der Waals surface area contributed by atoms with Crippen LogP contribution in [-0.4, -0.2) is 0 Å². The summed E-state index contributed by atoms with van der Waals surface area (Å²) in [5.41, 5.74) is 4.44. The Morgan fingerprint density at radius 1 is 0.667 bits per heavy atom. The second kappa shape index (κ2) is 2.10. The van der Waals surface area contributed by atoms with Crippen LogP contribution in [0.25, 0.3) is 0 Å². The van der Waals surface area contributed by atoms with Gasteiger partial charge >= 0.3 is 0 Å². The average molecular weight is 156 g/mol. The van der Waals surface area contributed by atoms with E-state index in [1.807, 2.05) is 0 Å². The highest BCUT2D eigenvalue weighted by molar-refractivity contribution is 5.59. The van der Waals surface area contributed by atoms with Crippen molar-refractivity contribution in [1.29, 1.82) is 0 Å². The third-order valence-corrected chi connectivity index (χ3v) is 2.82. The zero-order chi connectivity index (χ0) is 8.88. The summed E-state index contributed by atoms with van der Waals surface area (Å²) in [4.78, 5) is 0. The number of fused-ring (bicyclic) bond motifs is 2. The summed E-state index contributed by atoms with van der Waals surface area (Å²) in [6.45, 7) is 16.0. The predicted octanol–water partition coefficient (Wildman–Crippen LogP) is 3.03. The van der Waals surface area contributed by atoms with Gasteiger partial charge in [0.05, 0.1) is 0 Å². The van der Waals surface area contributed by atoms with Gasteiger partial charge in [-0.15, -0.1) is 0 Å². The van der Waals surface area contributed by atoms with E-state index in [9.17, 15) is 0 Å². The second-order valence-electron chi connectivity index (χ2n) is 3.44. The van der Waals surface area contributed by atoms with E-state index in [0.717, 1.165) is 22.3 Å². The molecular formula is C12H12. The number of rotatable bonds is 0. The zero-order valence-corrected chi connectivity index (χ0v) is 7.14. The van der Waals surface area contributed by atoms with Crippen LogP contribution in [0.15, 0.2) is 60.8 Å². The van der Waals surface area contributed by atoms with E-state index in [4.69, 9.17) is 0 Å². The summed E-state index contributed by atoms with van der Waals surface area (Å²) in [6.07, 6.45) is 4.30. The summed E-state index contributed by atoms with van der Waals surface area (Å²) in [5.74, 6) is 0.546. The molecule has 3 aliphatic carbocycles. The molecule has 0 spiro atoms. The van der Waals surface area contributed by atoms with Crippen molar-refractivity contribution in [3.63, 3.8) is 0 Å². The van der Waals surface area contributed by atoms with E-state index < -0.39 is 0 Å². The van der Waals surface area contributed by atoms with Crippen molar-refractivity contribution in [3.05, 3.63) is 60.8 Å². The minimum atomic E-state index is 0.273. The molecule has 0 aliphatic heterocycles. The smallest absolute Gasteiger partial charge is 0.0263 e. The lowest BCUT2D eigenvalue weighted by Crippen LogP contribution is -2.25. The Kier molecular flexibility index (Phi) is 1.29. The fourth-order valence-corrected chi connectivity index (χ4v) is 1.91. The van der Waals surface area contributed by atoms with Gasteiger partial charge in [0, 0.05) is 11.8 Å². The van der Waals surface area contributed by atoms with Crippen LogP contribution in [0.2, 0.25) is 0 Å². The highest BCUT2D eigenvalue weighted by Gasteiger charge is 2.34. The number of hydrogen-bond donors (Lipinski definition) is 0. The van der Waals surface area contributed by atoms with E-state index in [0.29, 0.717) is 0 Å². The fraction of sp³-hybridized carbons (Fsp3) is 0.167. The van der Waals surface area contributed by atoms with Crippen LogP contribution in [0, 0.1) is 11.8 Å². The average Bonchev–Trinajstić information content (AvgIpc) is 2.05. The Morgan fingerprint density at radius 3 is 1.17 bits per heavy atom. The van der Waals surface area contributed by atoms with Crippen LogP contribution < -0.4 is 0 Å². The molecule has 0 nitrogen and oxygen atoms in total. The topological polar surface area (TPSA) is 0 Å². The standard InChI is InChI=1S/C12H12/c1-7-8(2)12-6-5-11(7)9(3)10(12)4/h5-6,11-12H,1-4H2. The van der Waals surface area contributed by atoms with E-state index in [2.05, 4.69) is 38.5 Å². The summed E-state index contributed by atoms with van der Waals surface area (Å²) in [5, 5.41) is 0. The molecule has 0 saturated heterocycles. The zero-order valence-electron chi connectivity index (χ0n) is 7.14. The van der Waals surface area contributed by atoms with Crippen molar-refractivity contribution in [3.8, 4) is 0 Å². The van der Waals surface area contributed by atoms with Crippen molar-refractivity contribution in [2.45, 2.75) is 0 Å². The van der Waals surface area contributed by atoms with Gasteiger partial charge in [0.15, 0.2) is 0 Å². The van der Waals surface area contributed by atoms with Crippen molar-refractivity contribution < 1.29 is 0 Å². The SMILES string of the molecule is C=C1C(=C)C2C=CC1C(=C)C2=C. The van der Waals surface area contributed by atoms with Gasteiger partial charge in [-0.3, -0.25) is 0 Å². The monoisotopic (exact) mass is 156 g/mol. The van der Waals surface area contributed by atoms with E-state index >= 15 is 0 Å². The lowest BCUT2D eigenvalue weighted by Gasteiger charge is -2.38. The van der Waals surface area contributed by atoms with Crippen LogP contribution in [0.4, 0.5) is 0 Å². The Labute approximate surface area is 73.3 Å². The molecule has 0 aromatic carbocycles. The number of allylic oxidation sites excluding steroid dienone is 6. The van der Waals surface area contributed by atoms with Gasteiger partial charge in [0.1, 0.15) is 0 Å². The first-order valence-electron chi connectivity index (χ1n) is 4.07. The van der Waals surface area contributed by atoms with Crippen molar-refractivity contribution in [2.24, 2.45) is 11.8 Å². The predicted molar refractivity (Wildman–Crippen MR) is 52.7 cm³/mol. The van der Waals surface area contributed by atoms with Gasteiger partial charge in [-0.05, 0) is 22.3 Å². The molecular weight excluding hydrogens is 144 g/mol. The summed E-state index contributed by atoms with van der Waals surface area (Å²) in [6, 6.07) is 0. The van der Waals surface area contributed by atoms with Gasteiger partial charge in [0.25, 0.3) is 0 Å². The van der Waals surface area contributed by atoms with Gasteiger partial charge in [-0.1, -0.05) is 38.5 Å². The highest BCUT2D eigenvalue weighted by atomic mass is 14.4. The molecule has 3 rings (SSSR count). The molecule has 0 unspecified atom stereocenters. The quantitative estimate of drug-likeness (QED) is 0.473. The van der Waals surface area contributed by atoms with Crippen LogP contribution in [0.5, 0.6) is 0 Å². The maximum Gasteiger partial charge on any atom is 0.0263 e. The molecule has 2 bridgehead atoms. The van der Waals surface area contributed by atoms with Gasteiger partial charge < -0.3 is 0 Å². The molecule has 0 aromatic heterocycles. The van der Waals surface area contributed by atoms with Crippen molar-refractivity contribution in [1.82, 2.24) is 0 Å². The molecule has 0 heterocycles. The molecule has 0 atom stereocenters. The molecule has 12 heavy (non-hydrogen) atoms. The third-order valence-electron chi connectivity index (χ3n) is 2.82. The Morgan fingerprint density at radius 2 is 0.917 bits per heavy atom. The molecule has 1 fully saturated rings. The maximum absolute atomic E-state index is 4.01. The summed E-state index contributed by atoms with van der Waals surface area (Å²) < 4.78 is 0. The van der Waals surface area contributed by atoms with Crippen LogP contribution in [0.3, 0.4) is 0 Å². The Balaban J connectivity index is 2.59.